The second kappa shape index (κ2) is 4.97. The van der Waals surface area contributed by atoms with E-state index in [9.17, 15) is 8.42 Å². The number of aromatic nitrogens is 2. The largest absolute Gasteiger partial charge is 0.374 e. The third kappa shape index (κ3) is 2.88. The minimum atomic E-state index is -3.51. The first kappa shape index (κ1) is 13.2. The predicted molar refractivity (Wildman–Crippen MR) is 72.2 cm³/mol. The van der Waals surface area contributed by atoms with E-state index in [0.29, 0.717) is 13.1 Å². The van der Waals surface area contributed by atoms with Crippen LogP contribution in [0, 0.1) is 5.92 Å². The van der Waals surface area contributed by atoms with E-state index in [2.05, 4.69) is 15.1 Å². The van der Waals surface area contributed by atoms with Crippen LogP contribution < -0.4 is 5.73 Å². The Morgan fingerprint density at radius 1 is 1.21 bits per heavy atom. The average Bonchev–Trinajstić information content (AvgIpc) is 3.08. The van der Waals surface area contributed by atoms with Crippen molar-refractivity contribution in [1.29, 1.82) is 0 Å². The van der Waals surface area contributed by atoms with Crippen LogP contribution in [0.1, 0.15) is 12.8 Å². The van der Waals surface area contributed by atoms with Gasteiger partial charge in [0, 0.05) is 32.7 Å². The zero-order valence-electron chi connectivity index (χ0n) is 10.5. The lowest BCUT2D eigenvalue weighted by Gasteiger charge is -2.33. The first-order valence-corrected chi connectivity index (χ1v) is 8.63. The van der Waals surface area contributed by atoms with Gasteiger partial charge in [-0.25, -0.2) is 8.42 Å². The van der Waals surface area contributed by atoms with Crippen LogP contribution in [0.5, 0.6) is 0 Å². The van der Waals surface area contributed by atoms with Gasteiger partial charge in [-0.1, -0.05) is 11.3 Å². The lowest BCUT2D eigenvalue weighted by atomic mass is 10.3. The summed E-state index contributed by atoms with van der Waals surface area (Å²) in [5.74, 6) is 0.839. The molecule has 0 amide bonds. The molecule has 2 aliphatic rings. The molecule has 1 aliphatic carbocycles. The zero-order valence-corrected chi connectivity index (χ0v) is 12.2. The first-order chi connectivity index (χ1) is 9.05. The minimum absolute atomic E-state index is 0.000595. The fourth-order valence-electron chi connectivity index (χ4n) is 2.25. The standard InChI is InChI=1S/C10H17N5O2S2/c11-9-12-13-10(18-9)19(16,17)15-5-3-14(4-6-15)7-8-1-2-8/h8H,1-7H2,(H2,11,12). The second-order valence-electron chi connectivity index (χ2n) is 5.05. The highest BCUT2D eigenvalue weighted by Crippen LogP contribution is 2.30. The number of nitrogen functional groups attached to an aromatic ring is 1. The van der Waals surface area contributed by atoms with Gasteiger partial charge >= 0.3 is 0 Å². The van der Waals surface area contributed by atoms with Gasteiger partial charge in [-0.3, -0.25) is 0 Å². The summed E-state index contributed by atoms with van der Waals surface area (Å²) in [4.78, 5) is 2.35. The molecule has 0 aromatic carbocycles. The summed E-state index contributed by atoms with van der Waals surface area (Å²) in [6.45, 7) is 3.75. The predicted octanol–water partition coefficient (Wildman–Crippen LogP) is -0.163. The van der Waals surface area contributed by atoms with Crippen molar-refractivity contribution in [1.82, 2.24) is 19.4 Å². The van der Waals surface area contributed by atoms with Crippen LogP contribution in [-0.4, -0.2) is 60.5 Å². The van der Waals surface area contributed by atoms with Gasteiger partial charge in [0.2, 0.25) is 9.47 Å². The van der Waals surface area contributed by atoms with Crippen LogP contribution in [0.2, 0.25) is 0 Å². The van der Waals surface area contributed by atoms with Crippen LogP contribution in [-0.2, 0) is 10.0 Å². The van der Waals surface area contributed by atoms with Crippen molar-refractivity contribution in [2.75, 3.05) is 38.5 Å². The van der Waals surface area contributed by atoms with Gasteiger partial charge in [0.1, 0.15) is 0 Å². The van der Waals surface area contributed by atoms with Gasteiger partial charge in [-0.05, 0) is 18.8 Å². The molecule has 0 spiro atoms. The van der Waals surface area contributed by atoms with E-state index < -0.39 is 10.0 Å². The van der Waals surface area contributed by atoms with Crippen molar-refractivity contribution in [3.05, 3.63) is 0 Å². The normalized spacial score (nSPS) is 22.7. The molecule has 1 aliphatic heterocycles. The van der Waals surface area contributed by atoms with Crippen LogP contribution in [0.25, 0.3) is 0 Å². The first-order valence-electron chi connectivity index (χ1n) is 6.37. The summed E-state index contributed by atoms with van der Waals surface area (Å²) in [5.41, 5.74) is 5.44. The van der Waals surface area contributed by atoms with Gasteiger partial charge in [-0.15, -0.1) is 10.2 Å². The summed E-state index contributed by atoms with van der Waals surface area (Å²) in [5, 5.41) is 7.40. The Kier molecular flexibility index (Phi) is 3.46. The van der Waals surface area contributed by atoms with E-state index >= 15 is 0 Å². The summed E-state index contributed by atoms with van der Waals surface area (Å²) in [6.07, 6.45) is 2.64. The molecule has 0 bridgehead atoms. The molecule has 2 fully saturated rings. The average molecular weight is 303 g/mol. The number of sulfonamides is 1. The number of rotatable bonds is 4. The van der Waals surface area contributed by atoms with Gasteiger partial charge in [0.25, 0.3) is 10.0 Å². The minimum Gasteiger partial charge on any atom is -0.374 e. The number of hydrogen-bond donors (Lipinski definition) is 1. The van der Waals surface area contributed by atoms with Gasteiger partial charge < -0.3 is 10.6 Å². The second-order valence-corrected chi connectivity index (χ2v) is 8.18. The molecule has 9 heteroatoms. The Labute approximate surface area is 116 Å². The van der Waals surface area contributed by atoms with Crippen molar-refractivity contribution in [2.24, 2.45) is 5.92 Å². The smallest absolute Gasteiger partial charge is 0.272 e. The Hall–Kier alpha value is -0.770. The van der Waals surface area contributed by atoms with Crippen LogP contribution in [0.15, 0.2) is 4.34 Å². The van der Waals surface area contributed by atoms with Crippen LogP contribution in [0.3, 0.4) is 0 Å². The summed E-state index contributed by atoms with van der Waals surface area (Å²) < 4.78 is 26.1. The Bertz CT molecular complexity index is 546. The Balaban J connectivity index is 1.63. The number of nitrogens with two attached hydrogens (primary N) is 1. The maximum absolute atomic E-state index is 12.3. The number of hydrogen-bond acceptors (Lipinski definition) is 7. The number of anilines is 1. The lowest BCUT2D eigenvalue weighted by Crippen LogP contribution is -2.49. The molecule has 1 saturated heterocycles. The maximum atomic E-state index is 12.3. The van der Waals surface area contributed by atoms with E-state index in [-0.39, 0.29) is 9.47 Å². The van der Waals surface area contributed by atoms with Crippen LogP contribution >= 0.6 is 11.3 Å². The molecule has 3 rings (SSSR count). The highest BCUT2D eigenvalue weighted by molar-refractivity contribution is 7.91. The number of piperazine rings is 1. The number of nitrogens with zero attached hydrogens (tertiary/aromatic N) is 4. The molecule has 7 nitrogen and oxygen atoms in total. The lowest BCUT2D eigenvalue weighted by molar-refractivity contribution is 0.182. The van der Waals surface area contributed by atoms with E-state index in [1.54, 1.807) is 0 Å². The molecule has 0 unspecified atom stereocenters. The molecule has 1 saturated carbocycles. The molecule has 0 atom stereocenters. The summed E-state index contributed by atoms with van der Waals surface area (Å²) in [7, 11) is -3.51. The molecule has 106 valence electrons. The zero-order chi connectivity index (χ0) is 13.5. The summed E-state index contributed by atoms with van der Waals surface area (Å²) in [6, 6.07) is 0. The Morgan fingerprint density at radius 3 is 2.42 bits per heavy atom. The molecule has 2 N–H and O–H groups in total. The molecule has 19 heavy (non-hydrogen) atoms. The molecular weight excluding hydrogens is 286 g/mol. The van der Waals surface area contributed by atoms with E-state index in [1.807, 2.05) is 0 Å². The fourth-order valence-corrected chi connectivity index (χ4v) is 4.60. The maximum Gasteiger partial charge on any atom is 0.272 e. The molecular formula is C10H17N5O2S2. The van der Waals surface area contributed by atoms with Crippen LogP contribution in [0.4, 0.5) is 5.13 Å². The topological polar surface area (TPSA) is 92.4 Å². The Morgan fingerprint density at radius 2 is 1.89 bits per heavy atom. The summed E-state index contributed by atoms with van der Waals surface area (Å²) >= 11 is 0.922. The SMILES string of the molecule is Nc1nnc(S(=O)(=O)N2CCN(CC3CC3)CC2)s1. The van der Waals surface area contributed by atoms with E-state index in [0.717, 1.165) is 36.9 Å². The third-order valence-electron chi connectivity index (χ3n) is 3.53. The van der Waals surface area contributed by atoms with Crippen molar-refractivity contribution in [3.8, 4) is 0 Å². The van der Waals surface area contributed by atoms with Crippen molar-refractivity contribution in [3.63, 3.8) is 0 Å². The highest BCUT2D eigenvalue weighted by Gasteiger charge is 2.33. The van der Waals surface area contributed by atoms with Gasteiger partial charge in [0.05, 0.1) is 0 Å². The van der Waals surface area contributed by atoms with Crippen molar-refractivity contribution < 1.29 is 8.42 Å². The van der Waals surface area contributed by atoms with Gasteiger partial charge in [-0.2, -0.15) is 4.31 Å². The van der Waals surface area contributed by atoms with E-state index in [4.69, 9.17) is 5.73 Å². The molecule has 1 aromatic heterocycles. The third-order valence-corrected chi connectivity index (χ3v) is 6.52. The van der Waals surface area contributed by atoms with Crippen molar-refractivity contribution >= 4 is 26.5 Å². The fraction of sp³-hybridized carbons (Fsp3) is 0.800. The molecule has 1 aromatic rings. The monoisotopic (exact) mass is 303 g/mol. The molecule has 0 radical (unpaired) electrons. The van der Waals surface area contributed by atoms with Crippen molar-refractivity contribution in [2.45, 2.75) is 17.2 Å². The molecule has 2 heterocycles. The highest BCUT2D eigenvalue weighted by atomic mass is 32.2. The quantitative estimate of drug-likeness (QED) is 0.830. The van der Waals surface area contributed by atoms with E-state index in [1.165, 1.54) is 17.1 Å². The van der Waals surface area contributed by atoms with Gasteiger partial charge in [0.15, 0.2) is 0 Å².